The minimum atomic E-state index is -1.09. The van der Waals surface area contributed by atoms with Crippen molar-refractivity contribution in [3.05, 3.63) is 42.2 Å². The van der Waals surface area contributed by atoms with Crippen molar-refractivity contribution in [1.29, 1.82) is 0 Å². The molecule has 1 N–H and O–H groups in total. The molecule has 0 saturated carbocycles. The first-order chi connectivity index (χ1) is 13.1. The molecule has 0 aliphatic carbocycles. The zero-order chi connectivity index (χ0) is 19.4. The predicted octanol–water partition coefficient (Wildman–Crippen LogP) is 0.909. The second-order valence-corrected chi connectivity index (χ2v) is 5.89. The number of ether oxygens (including phenoxy) is 2. The molecule has 0 radical (unpaired) electrons. The molecule has 1 saturated heterocycles. The molecule has 1 aliphatic rings. The second kappa shape index (κ2) is 7.90. The van der Waals surface area contributed by atoms with Crippen molar-refractivity contribution in [1.82, 2.24) is 14.9 Å². The number of nitrogens with zero attached hydrogens (tertiary/aromatic N) is 4. The summed E-state index contributed by atoms with van der Waals surface area (Å²) >= 11 is 0. The van der Waals surface area contributed by atoms with E-state index >= 15 is 0 Å². The van der Waals surface area contributed by atoms with E-state index in [2.05, 4.69) is 9.97 Å². The van der Waals surface area contributed by atoms with Gasteiger partial charge in [-0.2, -0.15) is 0 Å². The fourth-order valence-corrected chi connectivity index (χ4v) is 3.08. The molecule has 0 bridgehead atoms. The number of methoxy groups -OCH3 is 2. The van der Waals surface area contributed by atoms with Gasteiger partial charge in [-0.25, -0.2) is 14.8 Å². The summed E-state index contributed by atoms with van der Waals surface area (Å²) in [5.41, 5.74) is 0.257. The van der Waals surface area contributed by atoms with E-state index in [-0.39, 0.29) is 24.4 Å². The van der Waals surface area contributed by atoms with Crippen molar-refractivity contribution in [2.24, 2.45) is 0 Å². The number of carboxylic acids is 1. The number of para-hydroxylation sites is 1. The Kier molecular flexibility index (Phi) is 5.39. The summed E-state index contributed by atoms with van der Waals surface area (Å²) in [5.74, 6) is -0.387. The predicted molar refractivity (Wildman–Crippen MR) is 96.3 cm³/mol. The maximum absolute atomic E-state index is 13.1. The lowest BCUT2D eigenvalue weighted by atomic mass is 10.1. The molecule has 27 heavy (non-hydrogen) atoms. The van der Waals surface area contributed by atoms with Gasteiger partial charge in [0.1, 0.15) is 6.04 Å². The average molecular weight is 372 g/mol. The molecule has 3 rings (SSSR count). The van der Waals surface area contributed by atoms with Crippen LogP contribution in [0, 0.1) is 0 Å². The first-order valence-electron chi connectivity index (χ1n) is 8.33. The number of aromatic nitrogens is 2. The van der Waals surface area contributed by atoms with Crippen LogP contribution in [0.25, 0.3) is 0 Å². The molecule has 2 heterocycles. The molecule has 1 aliphatic heterocycles. The van der Waals surface area contributed by atoms with Gasteiger partial charge in [0, 0.05) is 25.5 Å². The fourth-order valence-electron chi connectivity index (χ4n) is 3.08. The maximum atomic E-state index is 13.1. The van der Waals surface area contributed by atoms with Crippen molar-refractivity contribution in [3.8, 4) is 11.5 Å². The number of aliphatic carboxylic acids is 1. The summed E-state index contributed by atoms with van der Waals surface area (Å²) in [6, 6.07) is 5.58. The fraction of sp³-hybridized carbons (Fsp3) is 0.333. The average Bonchev–Trinajstić information content (AvgIpc) is 2.72. The Hall–Kier alpha value is -3.36. The molecular formula is C18H20N4O5. The van der Waals surface area contributed by atoms with Crippen LogP contribution in [0.5, 0.6) is 11.5 Å². The van der Waals surface area contributed by atoms with Gasteiger partial charge in [-0.1, -0.05) is 6.07 Å². The van der Waals surface area contributed by atoms with Crippen molar-refractivity contribution >= 4 is 17.8 Å². The van der Waals surface area contributed by atoms with Crippen LogP contribution in [-0.2, 0) is 4.79 Å². The van der Waals surface area contributed by atoms with Crippen LogP contribution in [-0.4, -0.2) is 71.7 Å². The number of carbonyl (C=O) groups is 2. The van der Waals surface area contributed by atoms with Crippen LogP contribution < -0.4 is 14.4 Å². The topological polar surface area (TPSA) is 105 Å². The van der Waals surface area contributed by atoms with Gasteiger partial charge in [0.25, 0.3) is 5.91 Å². The van der Waals surface area contributed by atoms with Crippen LogP contribution in [0.4, 0.5) is 5.95 Å². The normalized spacial score (nSPS) is 16.7. The molecule has 9 nitrogen and oxygen atoms in total. The minimum Gasteiger partial charge on any atom is -0.493 e. The number of carbonyl (C=O) groups excluding carboxylic acids is 1. The third kappa shape index (κ3) is 3.62. The molecule has 1 atom stereocenters. The summed E-state index contributed by atoms with van der Waals surface area (Å²) in [6.45, 7) is 0.734. The first-order valence-corrected chi connectivity index (χ1v) is 8.33. The molecule has 1 unspecified atom stereocenters. The molecular weight excluding hydrogens is 352 g/mol. The second-order valence-electron chi connectivity index (χ2n) is 5.89. The molecule has 0 spiro atoms. The van der Waals surface area contributed by atoms with Gasteiger partial charge in [0.2, 0.25) is 5.95 Å². The third-order valence-corrected chi connectivity index (χ3v) is 4.39. The largest absolute Gasteiger partial charge is 0.493 e. The van der Waals surface area contributed by atoms with Gasteiger partial charge in [-0.15, -0.1) is 0 Å². The van der Waals surface area contributed by atoms with Gasteiger partial charge in [-0.3, -0.25) is 4.79 Å². The van der Waals surface area contributed by atoms with E-state index in [9.17, 15) is 14.7 Å². The van der Waals surface area contributed by atoms with Crippen LogP contribution >= 0.6 is 0 Å². The van der Waals surface area contributed by atoms with E-state index in [1.165, 1.54) is 19.1 Å². The SMILES string of the molecule is COc1cccc(C(=O)N2CCN(c3ncccn3)CC2C(=O)O)c1OC. The number of rotatable bonds is 5. The van der Waals surface area contributed by atoms with Gasteiger partial charge in [-0.05, 0) is 18.2 Å². The molecule has 1 fully saturated rings. The Morgan fingerprint density at radius 1 is 1.11 bits per heavy atom. The summed E-state index contributed by atoms with van der Waals surface area (Å²) in [5, 5.41) is 9.68. The monoisotopic (exact) mass is 372 g/mol. The number of piperazine rings is 1. The Balaban J connectivity index is 1.88. The molecule has 1 amide bonds. The molecule has 9 heteroatoms. The van der Waals surface area contributed by atoms with E-state index in [0.29, 0.717) is 18.2 Å². The van der Waals surface area contributed by atoms with Crippen LogP contribution in [0.3, 0.4) is 0 Å². The number of benzene rings is 1. The number of hydrogen-bond acceptors (Lipinski definition) is 7. The summed E-state index contributed by atoms with van der Waals surface area (Å²) < 4.78 is 10.5. The number of amides is 1. The molecule has 1 aromatic heterocycles. The standard InChI is InChI=1S/C18H20N4O5/c1-26-14-6-3-5-12(15(14)27-2)16(23)22-10-9-21(11-13(22)17(24)25)18-19-7-4-8-20-18/h3-8,13H,9-11H2,1-2H3,(H,24,25). The zero-order valence-corrected chi connectivity index (χ0v) is 15.0. The summed E-state index contributed by atoms with van der Waals surface area (Å²) in [6.07, 6.45) is 3.19. The summed E-state index contributed by atoms with van der Waals surface area (Å²) in [7, 11) is 2.92. The maximum Gasteiger partial charge on any atom is 0.328 e. The van der Waals surface area contributed by atoms with E-state index in [0.717, 1.165) is 0 Å². The van der Waals surface area contributed by atoms with Crippen molar-refractivity contribution < 1.29 is 24.2 Å². The zero-order valence-electron chi connectivity index (χ0n) is 15.0. The number of anilines is 1. The van der Waals surface area contributed by atoms with Gasteiger partial charge < -0.3 is 24.4 Å². The highest BCUT2D eigenvalue weighted by Crippen LogP contribution is 2.32. The first kappa shape index (κ1) is 18.4. The van der Waals surface area contributed by atoms with Gasteiger partial charge in [0.15, 0.2) is 11.5 Å². The lowest BCUT2D eigenvalue weighted by molar-refractivity contribution is -0.142. The highest BCUT2D eigenvalue weighted by Gasteiger charge is 2.37. The smallest absolute Gasteiger partial charge is 0.328 e. The van der Waals surface area contributed by atoms with Crippen LogP contribution in [0.15, 0.2) is 36.7 Å². The lowest BCUT2D eigenvalue weighted by Crippen LogP contribution is -2.58. The van der Waals surface area contributed by atoms with Crippen molar-refractivity contribution in [2.75, 3.05) is 38.8 Å². The third-order valence-electron chi connectivity index (χ3n) is 4.39. The lowest BCUT2D eigenvalue weighted by Gasteiger charge is -2.39. The van der Waals surface area contributed by atoms with E-state index in [1.807, 2.05) is 0 Å². The highest BCUT2D eigenvalue weighted by atomic mass is 16.5. The molecule has 2 aromatic rings. The Morgan fingerprint density at radius 3 is 2.48 bits per heavy atom. The van der Waals surface area contributed by atoms with Gasteiger partial charge in [0.05, 0.1) is 26.3 Å². The summed E-state index contributed by atoms with van der Waals surface area (Å²) in [4.78, 5) is 36.3. The van der Waals surface area contributed by atoms with Crippen LogP contribution in [0.2, 0.25) is 0 Å². The Labute approximate surface area is 156 Å². The van der Waals surface area contributed by atoms with Crippen molar-refractivity contribution in [2.45, 2.75) is 6.04 Å². The van der Waals surface area contributed by atoms with Crippen molar-refractivity contribution in [3.63, 3.8) is 0 Å². The number of carboxylic acid groups (broad SMARTS) is 1. The Morgan fingerprint density at radius 2 is 1.85 bits per heavy atom. The van der Waals surface area contributed by atoms with E-state index < -0.39 is 17.9 Å². The van der Waals surface area contributed by atoms with E-state index in [1.54, 1.807) is 41.6 Å². The minimum absolute atomic E-state index is 0.0946. The Bertz CT molecular complexity index is 830. The van der Waals surface area contributed by atoms with Crippen LogP contribution in [0.1, 0.15) is 10.4 Å². The highest BCUT2D eigenvalue weighted by molar-refractivity contribution is 6.00. The molecule has 1 aromatic carbocycles. The number of hydrogen-bond donors (Lipinski definition) is 1. The quantitative estimate of drug-likeness (QED) is 0.826. The van der Waals surface area contributed by atoms with E-state index in [4.69, 9.17) is 9.47 Å². The molecule has 142 valence electrons. The van der Waals surface area contributed by atoms with Gasteiger partial charge >= 0.3 is 5.97 Å².